The first-order valence-electron chi connectivity index (χ1n) is 6.68. The first-order valence-corrected chi connectivity index (χ1v) is 6.68. The number of hydrogen-bond acceptors (Lipinski definition) is 3. The number of hydrogen-bond donors (Lipinski definition) is 0. The second-order valence-electron chi connectivity index (χ2n) is 5.02. The van der Waals surface area contributed by atoms with Gasteiger partial charge in [-0.25, -0.2) is 0 Å². The highest BCUT2D eigenvalue weighted by molar-refractivity contribution is 5.97. The van der Waals surface area contributed by atoms with E-state index in [1.165, 1.54) is 5.56 Å². The largest absolute Gasteiger partial charge is 0.496 e. The smallest absolute Gasteiger partial charge is 0.257 e. The molecule has 19 heavy (non-hydrogen) atoms. The van der Waals surface area contributed by atoms with Crippen LogP contribution in [0.5, 0.6) is 5.75 Å². The van der Waals surface area contributed by atoms with E-state index in [1.807, 2.05) is 23.1 Å². The average molecular weight is 263 g/mol. The lowest BCUT2D eigenvalue weighted by molar-refractivity contribution is 0.0301. The average Bonchev–Trinajstić information content (AvgIpc) is 2.46. The Kier molecular flexibility index (Phi) is 4.43. The number of rotatable bonds is 3. The lowest BCUT2D eigenvalue weighted by Gasteiger charge is -2.27. The molecule has 0 saturated carbocycles. The second kappa shape index (κ2) is 6.06. The fraction of sp³-hybridized carbons (Fsp3) is 0.533. The number of nitrogens with zero attached hydrogens (tertiary/aromatic N) is 1. The molecule has 1 amide bonds. The molecule has 1 heterocycles. The number of methoxy groups -OCH3 is 1. The molecule has 1 saturated heterocycles. The first-order chi connectivity index (χ1) is 9.13. The van der Waals surface area contributed by atoms with E-state index in [9.17, 15) is 4.79 Å². The molecule has 0 bridgehead atoms. The number of benzene rings is 1. The van der Waals surface area contributed by atoms with E-state index >= 15 is 0 Å². The van der Waals surface area contributed by atoms with Crippen molar-refractivity contribution in [1.82, 2.24) is 4.90 Å². The summed E-state index contributed by atoms with van der Waals surface area (Å²) in [6.07, 6.45) is 0. The molecule has 2 rings (SSSR count). The summed E-state index contributed by atoms with van der Waals surface area (Å²) < 4.78 is 10.6. The van der Waals surface area contributed by atoms with Gasteiger partial charge in [0.2, 0.25) is 0 Å². The van der Waals surface area contributed by atoms with Crippen molar-refractivity contribution in [3.8, 4) is 5.75 Å². The molecule has 0 radical (unpaired) electrons. The molecule has 104 valence electrons. The third-order valence-electron chi connectivity index (χ3n) is 3.42. The number of carbonyl (C=O) groups excluding carboxylic acids is 1. The highest BCUT2D eigenvalue weighted by atomic mass is 16.5. The van der Waals surface area contributed by atoms with Crippen LogP contribution in [0.4, 0.5) is 0 Å². The monoisotopic (exact) mass is 263 g/mol. The number of ether oxygens (including phenoxy) is 2. The zero-order valence-electron chi connectivity index (χ0n) is 11.8. The van der Waals surface area contributed by atoms with Crippen molar-refractivity contribution in [2.45, 2.75) is 19.8 Å². The minimum atomic E-state index is 0.0236. The highest BCUT2D eigenvalue weighted by Gasteiger charge is 2.21. The van der Waals surface area contributed by atoms with E-state index in [4.69, 9.17) is 9.47 Å². The molecule has 0 aliphatic carbocycles. The van der Waals surface area contributed by atoms with Crippen LogP contribution in [0.3, 0.4) is 0 Å². The molecule has 4 nitrogen and oxygen atoms in total. The molecule has 1 aliphatic rings. The van der Waals surface area contributed by atoms with E-state index in [-0.39, 0.29) is 5.91 Å². The quantitative estimate of drug-likeness (QED) is 0.840. The summed E-state index contributed by atoms with van der Waals surface area (Å²) in [5, 5.41) is 0. The van der Waals surface area contributed by atoms with Gasteiger partial charge in [-0.05, 0) is 23.6 Å². The van der Waals surface area contributed by atoms with Gasteiger partial charge in [0.15, 0.2) is 0 Å². The van der Waals surface area contributed by atoms with Crippen molar-refractivity contribution in [1.29, 1.82) is 0 Å². The molecule has 0 spiro atoms. The van der Waals surface area contributed by atoms with E-state index in [2.05, 4.69) is 13.8 Å². The lowest BCUT2D eigenvalue weighted by atomic mass is 10.0. The zero-order chi connectivity index (χ0) is 13.8. The molecule has 0 unspecified atom stereocenters. The van der Waals surface area contributed by atoms with E-state index in [0.29, 0.717) is 43.5 Å². The molecular formula is C15H21NO3. The van der Waals surface area contributed by atoms with Crippen LogP contribution in [0.25, 0.3) is 0 Å². The van der Waals surface area contributed by atoms with Crippen LogP contribution in [0.15, 0.2) is 18.2 Å². The van der Waals surface area contributed by atoms with Gasteiger partial charge in [0.05, 0.1) is 25.9 Å². The topological polar surface area (TPSA) is 38.8 Å². The predicted octanol–water partition coefficient (Wildman–Crippen LogP) is 2.29. The van der Waals surface area contributed by atoms with Gasteiger partial charge in [-0.15, -0.1) is 0 Å². The highest BCUT2D eigenvalue weighted by Crippen LogP contribution is 2.26. The Bertz CT molecular complexity index is 451. The van der Waals surface area contributed by atoms with Crippen LogP contribution in [0.2, 0.25) is 0 Å². The summed E-state index contributed by atoms with van der Waals surface area (Å²) in [6.45, 7) is 6.76. The Hall–Kier alpha value is -1.55. The molecule has 1 fully saturated rings. The molecule has 0 aromatic heterocycles. The third kappa shape index (κ3) is 3.07. The maximum atomic E-state index is 12.5. The van der Waals surface area contributed by atoms with Crippen LogP contribution in [0, 0.1) is 0 Å². The predicted molar refractivity (Wildman–Crippen MR) is 73.8 cm³/mol. The molecule has 1 aromatic carbocycles. The number of morpholine rings is 1. The van der Waals surface area contributed by atoms with Crippen molar-refractivity contribution in [3.63, 3.8) is 0 Å². The fourth-order valence-corrected chi connectivity index (χ4v) is 2.18. The van der Waals surface area contributed by atoms with Gasteiger partial charge in [0.1, 0.15) is 5.75 Å². The Balaban J connectivity index is 2.25. The Morgan fingerprint density at radius 3 is 2.58 bits per heavy atom. The van der Waals surface area contributed by atoms with Gasteiger partial charge >= 0.3 is 0 Å². The zero-order valence-corrected chi connectivity index (χ0v) is 11.8. The van der Waals surface area contributed by atoms with Crippen LogP contribution in [-0.2, 0) is 4.74 Å². The van der Waals surface area contributed by atoms with Crippen LogP contribution in [0.1, 0.15) is 35.7 Å². The fourth-order valence-electron chi connectivity index (χ4n) is 2.18. The summed E-state index contributed by atoms with van der Waals surface area (Å²) in [5.41, 5.74) is 1.81. The number of amides is 1. The third-order valence-corrected chi connectivity index (χ3v) is 3.42. The summed E-state index contributed by atoms with van der Waals surface area (Å²) >= 11 is 0. The molecule has 0 atom stereocenters. The van der Waals surface area contributed by atoms with Gasteiger partial charge in [-0.1, -0.05) is 19.9 Å². The maximum absolute atomic E-state index is 12.5. The minimum absolute atomic E-state index is 0.0236. The van der Waals surface area contributed by atoms with Crippen molar-refractivity contribution in [2.24, 2.45) is 0 Å². The summed E-state index contributed by atoms with van der Waals surface area (Å²) in [6, 6.07) is 5.82. The van der Waals surface area contributed by atoms with Gasteiger partial charge in [0.25, 0.3) is 5.91 Å². The van der Waals surface area contributed by atoms with Crippen molar-refractivity contribution in [2.75, 3.05) is 33.4 Å². The van der Waals surface area contributed by atoms with Gasteiger partial charge in [-0.3, -0.25) is 4.79 Å². The standard InChI is InChI=1S/C15H21NO3/c1-11(2)12-4-5-13(14(10-12)18-3)15(17)16-6-8-19-9-7-16/h4-5,10-11H,6-9H2,1-3H3. The first kappa shape index (κ1) is 13.9. The SMILES string of the molecule is COc1cc(C(C)C)ccc1C(=O)N1CCOCC1. The maximum Gasteiger partial charge on any atom is 0.257 e. The molecule has 1 aliphatic heterocycles. The molecular weight excluding hydrogens is 242 g/mol. The Morgan fingerprint density at radius 1 is 1.32 bits per heavy atom. The van der Waals surface area contributed by atoms with Crippen molar-refractivity contribution in [3.05, 3.63) is 29.3 Å². The van der Waals surface area contributed by atoms with Gasteiger partial charge in [-0.2, -0.15) is 0 Å². The molecule has 4 heteroatoms. The summed E-state index contributed by atoms with van der Waals surface area (Å²) in [5.74, 6) is 1.10. The Labute approximate surface area is 114 Å². The Morgan fingerprint density at radius 2 is 2.00 bits per heavy atom. The van der Waals surface area contributed by atoms with Gasteiger partial charge < -0.3 is 14.4 Å². The van der Waals surface area contributed by atoms with E-state index in [0.717, 1.165) is 0 Å². The minimum Gasteiger partial charge on any atom is -0.496 e. The summed E-state index contributed by atoms with van der Waals surface area (Å²) in [7, 11) is 1.61. The van der Waals surface area contributed by atoms with Gasteiger partial charge in [0, 0.05) is 13.1 Å². The molecule has 0 N–H and O–H groups in total. The summed E-state index contributed by atoms with van der Waals surface area (Å²) in [4.78, 5) is 14.3. The van der Waals surface area contributed by atoms with Crippen LogP contribution in [-0.4, -0.2) is 44.2 Å². The second-order valence-corrected chi connectivity index (χ2v) is 5.02. The lowest BCUT2D eigenvalue weighted by Crippen LogP contribution is -2.40. The van der Waals surface area contributed by atoms with Crippen LogP contribution < -0.4 is 4.74 Å². The normalized spacial score (nSPS) is 15.7. The van der Waals surface area contributed by atoms with Crippen LogP contribution >= 0.6 is 0 Å². The van der Waals surface area contributed by atoms with E-state index < -0.39 is 0 Å². The number of carbonyl (C=O) groups is 1. The molecule has 1 aromatic rings. The van der Waals surface area contributed by atoms with Crippen molar-refractivity contribution < 1.29 is 14.3 Å². The van der Waals surface area contributed by atoms with Crippen molar-refractivity contribution >= 4 is 5.91 Å². The van der Waals surface area contributed by atoms with E-state index in [1.54, 1.807) is 7.11 Å².